The Morgan fingerprint density at radius 1 is 0.941 bits per heavy atom. The van der Waals surface area contributed by atoms with Gasteiger partial charge < -0.3 is 4.55 Å². The van der Waals surface area contributed by atoms with Gasteiger partial charge in [-0.1, -0.05) is 27.7 Å². The third-order valence-electron chi connectivity index (χ3n) is 3.30. The monoisotopic (exact) mass is 282 g/mol. The second-order valence-corrected chi connectivity index (χ2v) is 11.1. The predicted octanol–water partition coefficient (Wildman–Crippen LogP) is 3.52. The molecule has 0 aromatic carbocycles. The Bertz CT molecular complexity index is 284. The Kier molecular flexibility index (Phi) is 7.86. The molecular formula is C12H27O3PS. The van der Waals surface area contributed by atoms with Gasteiger partial charge in [-0.05, 0) is 25.7 Å². The van der Waals surface area contributed by atoms with Crippen molar-refractivity contribution >= 4 is 17.4 Å². The number of hydrogen-bond donors (Lipinski definition) is 0. The standard InChI is InChI=1S/C12H27O3PS/c1-5-9-16(10-6-2,11-7-3)12(8-4)17(13,14)15/h12H,5-11H2,1-4H3. The Morgan fingerprint density at radius 3 is 1.47 bits per heavy atom. The molecule has 0 N–H and O–H groups in total. The van der Waals surface area contributed by atoms with Crippen LogP contribution in [0, 0.1) is 0 Å². The molecule has 1 unspecified atom stereocenters. The van der Waals surface area contributed by atoms with Crippen LogP contribution in [0.25, 0.3) is 0 Å². The van der Waals surface area contributed by atoms with Crippen LogP contribution in [0.4, 0.5) is 0 Å². The molecular weight excluding hydrogens is 255 g/mol. The van der Waals surface area contributed by atoms with Crippen molar-refractivity contribution in [1.82, 2.24) is 0 Å². The lowest BCUT2D eigenvalue weighted by atomic mass is 10.5. The van der Waals surface area contributed by atoms with Gasteiger partial charge in [0, 0.05) is 7.26 Å². The van der Waals surface area contributed by atoms with Gasteiger partial charge in [0.2, 0.25) is 0 Å². The molecule has 1 atom stereocenters. The van der Waals surface area contributed by atoms with Crippen LogP contribution < -0.4 is 0 Å². The van der Waals surface area contributed by atoms with E-state index >= 15 is 0 Å². The summed E-state index contributed by atoms with van der Waals surface area (Å²) in [5.41, 5.74) is 0. The SMILES string of the molecule is CCC[P+](CCC)(CCC)C(CC)S(=O)(=O)[O-]. The van der Waals surface area contributed by atoms with Gasteiger partial charge in [0.15, 0.2) is 4.99 Å². The van der Waals surface area contributed by atoms with Crippen molar-refractivity contribution in [3.63, 3.8) is 0 Å². The van der Waals surface area contributed by atoms with Crippen LogP contribution in [0.3, 0.4) is 0 Å². The minimum absolute atomic E-state index is 0.486. The third kappa shape index (κ3) is 4.84. The lowest BCUT2D eigenvalue weighted by Crippen LogP contribution is -2.29. The van der Waals surface area contributed by atoms with Gasteiger partial charge in [-0.25, -0.2) is 8.42 Å². The van der Waals surface area contributed by atoms with E-state index in [1.807, 2.05) is 6.92 Å². The molecule has 0 saturated carbocycles. The van der Waals surface area contributed by atoms with Gasteiger partial charge in [0.25, 0.3) is 0 Å². The quantitative estimate of drug-likeness (QED) is 0.480. The Hall–Kier alpha value is 0.340. The normalized spacial score (nSPS) is 14.9. The summed E-state index contributed by atoms with van der Waals surface area (Å²) in [4.78, 5) is -0.602. The molecule has 0 aromatic rings. The molecule has 0 saturated heterocycles. The number of hydrogen-bond acceptors (Lipinski definition) is 3. The van der Waals surface area contributed by atoms with E-state index in [1.54, 1.807) is 0 Å². The minimum Gasteiger partial charge on any atom is -0.745 e. The molecule has 5 heteroatoms. The smallest absolute Gasteiger partial charge is 0.157 e. The summed E-state index contributed by atoms with van der Waals surface area (Å²) in [5, 5.41) is 0. The summed E-state index contributed by atoms with van der Waals surface area (Å²) in [7, 11) is -5.77. The zero-order valence-corrected chi connectivity index (χ0v) is 13.3. The van der Waals surface area contributed by atoms with Crippen LogP contribution in [-0.2, 0) is 10.1 Å². The van der Waals surface area contributed by atoms with Gasteiger partial charge in [0.05, 0.1) is 18.5 Å². The maximum atomic E-state index is 11.5. The van der Waals surface area contributed by atoms with E-state index in [9.17, 15) is 13.0 Å². The summed E-state index contributed by atoms with van der Waals surface area (Å²) in [5.74, 6) is 0. The fraction of sp³-hybridized carbons (Fsp3) is 1.00. The van der Waals surface area contributed by atoms with E-state index < -0.39 is 22.4 Å². The Balaban J connectivity index is 5.34. The van der Waals surface area contributed by atoms with Gasteiger partial charge >= 0.3 is 0 Å². The molecule has 0 radical (unpaired) electrons. The van der Waals surface area contributed by atoms with Crippen molar-refractivity contribution in [2.75, 3.05) is 18.5 Å². The van der Waals surface area contributed by atoms with Crippen molar-refractivity contribution in [3.8, 4) is 0 Å². The van der Waals surface area contributed by atoms with Crippen molar-refractivity contribution in [3.05, 3.63) is 0 Å². The van der Waals surface area contributed by atoms with E-state index in [-0.39, 0.29) is 0 Å². The Labute approximate surface area is 107 Å². The predicted molar refractivity (Wildman–Crippen MR) is 76.2 cm³/mol. The van der Waals surface area contributed by atoms with Crippen LogP contribution in [0.15, 0.2) is 0 Å². The minimum atomic E-state index is -4.14. The molecule has 0 aromatic heterocycles. The molecule has 0 aliphatic heterocycles. The molecule has 104 valence electrons. The largest absolute Gasteiger partial charge is 0.745 e. The molecule has 0 aliphatic rings. The topological polar surface area (TPSA) is 57.2 Å². The highest BCUT2D eigenvalue weighted by Gasteiger charge is 2.46. The van der Waals surface area contributed by atoms with Crippen LogP contribution in [-0.4, -0.2) is 36.4 Å². The van der Waals surface area contributed by atoms with Crippen molar-refractivity contribution in [1.29, 1.82) is 0 Å². The van der Waals surface area contributed by atoms with Crippen LogP contribution >= 0.6 is 7.26 Å². The lowest BCUT2D eigenvalue weighted by molar-refractivity contribution is 0.457. The first-order chi connectivity index (χ1) is 7.87. The molecule has 0 bridgehead atoms. The molecule has 0 fully saturated rings. The maximum absolute atomic E-state index is 11.5. The average molecular weight is 282 g/mol. The second kappa shape index (κ2) is 7.70. The molecule has 0 aliphatic carbocycles. The fourth-order valence-corrected chi connectivity index (χ4v) is 11.5. The summed E-state index contributed by atoms with van der Waals surface area (Å²) in [6.07, 6.45) is 6.30. The Morgan fingerprint density at radius 2 is 1.29 bits per heavy atom. The van der Waals surface area contributed by atoms with Gasteiger partial charge in [0.1, 0.15) is 10.1 Å². The zero-order chi connectivity index (χ0) is 13.5. The maximum Gasteiger partial charge on any atom is 0.157 e. The molecule has 3 nitrogen and oxygen atoms in total. The molecule has 0 heterocycles. The highest BCUT2D eigenvalue weighted by Crippen LogP contribution is 2.66. The molecule has 17 heavy (non-hydrogen) atoms. The van der Waals surface area contributed by atoms with E-state index in [4.69, 9.17) is 0 Å². The summed E-state index contributed by atoms with van der Waals surface area (Å²) < 4.78 is 34.5. The first-order valence-electron chi connectivity index (χ1n) is 6.68. The van der Waals surface area contributed by atoms with Crippen molar-refractivity contribution < 1.29 is 13.0 Å². The first-order valence-corrected chi connectivity index (χ1v) is 10.6. The summed E-state index contributed by atoms with van der Waals surface area (Å²) >= 11 is 0. The lowest BCUT2D eigenvalue weighted by Gasteiger charge is -2.35. The highest BCUT2D eigenvalue weighted by molar-refractivity contribution is 7.99. The van der Waals surface area contributed by atoms with E-state index in [1.165, 1.54) is 0 Å². The van der Waals surface area contributed by atoms with Crippen molar-refractivity contribution in [2.24, 2.45) is 0 Å². The third-order valence-corrected chi connectivity index (χ3v) is 12.0. The van der Waals surface area contributed by atoms with E-state index in [0.29, 0.717) is 6.42 Å². The number of rotatable bonds is 9. The van der Waals surface area contributed by atoms with Crippen LogP contribution in [0.1, 0.15) is 53.4 Å². The van der Waals surface area contributed by atoms with E-state index in [2.05, 4.69) is 20.8 Å². The fourth-order valence-electron chi connectivity index (χ4n) is 2.97. The zero-order valence-electron chi connectivity index (χ0n) is 11.6. The highest BCUT2D eigenvalue weighted by atomic mass is 32.2. The average Bonchev–Trinajstić information content (AvgIpc) is 2.17. The first kappa shape index (κ1) is 17.3. The van der Waals surface area contributed by atoms with Crippen LogP contribution in [0.5, 0.6) is 0 Å². The van der Waals surface area contributed by atoms with Gasteiger partial charge in [-0.3, -0.25) is 0 Å². The second-order valence-electron chi connectivity index (χ2n) is 4.75. The summed E-state index contributed by atoms with van der Waals surface area (Å²) in [6.45, 7) is 8.11. The van der Waals surface area contributed by atoms with Gasteiger partial charge in [-0.15, -0.1) is 0 Å². The van der Waals surface area contributed by atoms with Gasteiger partial charge in [-0.2, -0.15) is 0 Å². The van der Waals surface area contributed by atoms with E-state index in [0.717, 1.165) is 37.7 Å². The van der Waals surface area contributed by atoms with Crippen LogP contribution in [0.2, 0.25) is 0 Å². The summed E-state index contributed by atoms with van der Waals surface area (Å²) in [6, 6.07) is 0. The van der Waals surface area contributed by atoms with Crippen molar-refractivity contribution in [2.45, 2.75) is 58.4 Å². The molecule has 0 rings (SSSR count). The molecule has 0 spiro atoms. The molecule has 0 amide bonds.